The normalized spacial score (nSPS) is 25.7. The van der Waals surface area contributed by atoms with Crippen LogP contribution in [0.4, 0.5) is 0 Å². The van der Waals surface area contributed by atoms with Crippen LogP contribution in [0.1, 0.15) is 25.7 Å². The molecule has 1 aliphatic rings. The van der Waals surface area contributed by atoms with Gasteiger partial charge in [-0.05, 0) is 30.9 Å². The Bertz CT molecular complexity index is 456. The van der Waals surface area contributed by atoms with Crippen LogP contribution >= 0.6 is 11.6 Å². The summed E-state index contributed by atoms with van der Waals surface area (Å²) in [7, 11) is -3.21. The third-order valence-electron chi connectivity index (χ3n) is 3.51. The highest BCUT2D eigenvalue weighted by Crippen LogP contribution is 2.33. The first-order chi connectivity index (χ1) is 8.16. The quantitative estimate of drug-likeness (QED) is 0.792. The molecule has 0 aliphatic heterocycles. The van der Waals surface area contributed by atoms with Gasteiger partial charge in [-0.3, -0.25) is 0 Å². The van der Waals surface area contributed by atoms with Gasteiger partial charge >= 0.3 is 0 Å². The summed E-state index contributed by atoms with van der Waals surface area (Å²) in [4.78, 5) is 0.432. The fourth-order valence-corrected chi connectivity index (χ4v) is 5.12. The van der Waals surface area contributed by atoms with Gasteiger partial charge in [0.1, 0.15) is 0 Å². The molecule has 1 saturated carbocycles. The second-order valence-electron chi connectivity index (χ2n) is 4.60. The van der Waals surface area contributed by atoms with Crippen molar-refractivity contribution in [2.45, 2.75) is 35.8 Å². The molecule has 0 heterocycles. The Labute approximate surface area is 108 Å². The number of sulfone groups is 1. The third kappa shape index (κ3) is 2.66. The van der Waals surface area contributed by atoms with Crippen molar-refractivity contribution in [2.75, 3.05) is 5.88 Å². The number of rotatable bonds is 3. The molecule has 2 rings (SSSR count). The van der Waals surface area contributed by atoms with Crippen molar-refractivity contribution in [1.29, 1.82) is 0 Å². The SMILES string of the molecule is O=S(=O)(c1ccccc1)C1CCCCC1CCl. The molecule has 2 atom stereocenters. The van der Waals surface area contributed by atoms with Gasteiger partial charge in [0.25, 0.3) is 0 Å². The number of halogens is 1. The van der Waals surface area contributed by atoms with Crippen molar-refractivity contribution in [3.63, 3.8) is 0 Å². The zero-order chi connectivity index (χ0) is 12.3. The van der Waals surface area contributed by atoms with E-state index in [-0.39, 0.29) is 11.2 Å². The van der Waals surface area contributed by atoms with E-state index in [1.165, 1.54) is 0 Å². The minimum Gasteiger partial charge on any atom is -0.223 e. The lowest BCUT2D eigenvalue weighted by atomic mass is 9.90. The molecule has 1 aromatic carbocycles. The first-order valence-corrected chi connectivity index (χ1v) is 8.09. The highest BCUT2D eigenvalue weighted by Gasteiger charge is 2.35. The molecule has 0 radical (unpaired) electrons. The van der Waals surface area contributed by atoms with Crippen molar-refractivity contribution < 1.29 is 8.42 Å². The topological polar surface area (TPSA) is 34.1 Å². The molecule has 1 aromatic rings. The zero-order valence-corrected chi connectivity index (χ0v) is 11.3. The van der Waals surface area contributed by atoms with E-state index in [2.05, 4.69) is 0 Å². The number of benzene rings is 1. The summed E-state index contributed by atoms with van der Waals surface area (Å²) in [5, 5.41) is -0.295. The molecule has 0 saturated heterocycles. The van der Waals surface area contributed by atoms with E-state index in [1.807, 2.05) is 6.07 Å². The second-order valence-corrected chi connectivity index (χ2v) is 7.07. The van der Waals surface area contributed by atoms with Crippen LogP contribution < -0.4 is 0 Å². The molecular weight excluding hydrogens is 256 g/mol. The van der Waals surface area contributed by atoms with Crippen molar-refractivity contribution in [1.82, 2.24) is 0 Å². The predicted octanol–water partition coefficient (Wildman–Crippen LogP) is 3.26. The molecule has 0 bridgehead atoms. The van der Waals surface area contributed by atoms with Crippen molar-refractivity contribution >= 4 is 21.4 Å². The maximum atomic E-state index is 12.5. The van der Waals surface area contributed by atoms with E-state index >= 15 is 0 Å². The monoisotopic (exact) mass is 272 g/mol. The summed E-state index contributed by atoms with van der Waals surface area (Å²) < 4.78 is 25.0. The Balaban J connectivity index is 2.31. The smallest absolute Gasteiger partial charge is 0.181 e. The van der Waals surface area contributed by atoms with Gasteiger partial charge in [-0.25, -0.2) is 8.42 Å². The summed E-state index contributed by atoms with van der Waals surface area (Å²) in [6, 6.07) is 8.72. The van der Waals surface area contributed by atoms with E-state index in [0.717, 1.165) is 25.7 Å². The second kappa shape index (κ2) is 5.40. The van der Waals surface area contributed by atoms with Gasteiger partial charge in [0, 0.05) is 5.88 Å². The Hall–Kier alpha value is -0.540. The largest absolute Gasteiger partial charge is 0.223 e. The van der Waals surface area contributed by atoms with Crippen LogP contribution in [0.3, 0.4) is 0 Å². The molecule has 4 heteroatoms. The maximum Gasteiger partial charge on any atom is 0.181 e. The lowest BCUT2D eigenvalue weighted by Gasteiger charge is -2.29. The van der Waals surface area contributed by atoms with Gasteiger partial charge in [0.2, 0.25) is 0 Å². The van der Waals surface area contributed by atoms with Crippen LogP contribution in [-0.2, 0) is 9.84 Å². The van der Waals surface area contributed by atoms with Crippen molar-refractivity contribution in [3.8, 4) is 0 Å². The van der Waals surface area contributed by atoms with Crippen LogP contribution in [0.25, 0.3) is 0 Å². The van der Waals surface area contributed by atoms with Crippen LogP contribution in [0.5, 0.6) is 0 Å². The Kier molecular flexibility index (Phi) is 4.10. The number of hydrogen-bond donors (Lipinski definition) is 0. The van der Waals surface area contributed by atoms with E-state index in [0.29, 0.717) is 10.8 Å². The molecule has 0 aromatic heterocycles. The lowest BCUT2D eigenvalue weighted by molar-refractivity contribution is 0.384. The summed E-state index contributed by atoms with van der Waals surface area (Å²) in [5.41, 5.74) is 0. The molecule has 2 nitrogen and oxygen atoms in total. The van der Waals surface area contributed by atoms with Gasteiger partial charge in [0.15, 0.2) is 9.84 Å². The molecule has 1 aliphatic carbocycles. The predicted molar refractivity (Wildman–Crippen MR) is 70.1 cm³/mol. The molecule has 0 N–H and O–H groups in total. The average molecular weight is 273 g/mol. The number of alkyl halides is 1. The lowest BCUT2D eigenvalue weighted by Crippen LogP contribution is -2.33. The van der Waals surface area contributed by atoms with E-state index < -0.39 is 9.84 Å². The van der Waals surface area contributed by atoms with Gasteiger partial charge in [-0.2, -0.15) is 0 Å². The minimum absolute atomic E-state index is 0.107. The molecule has 1 fully saturated rings. The molecule has 17 heavy (non-hydrogen) atoms. The van der Waals surface area contributed by atoms with Crippen LogP contribution in [-0.4, -0.2) is 19.5 Å². The molecule has 0 amide bonds. The summed E-state index contributed by atoms with van der Waals surface area (Å²) in [6.45, 7) is 0. The van der Waals surface area contributed by atoms with Crippen molar-refractivity contribution in [3.05, 3.63) is 30.3 Å². The third-order valence-corrected chi connectivity index (χ3v) is 6.25. The van der Waals surface area contributed by atoms with E-state index in [4.69, 9.17) is 11.6 Å². The maximum absolute atomic E-state index is 12.5. The van der Waals surface area contributed by atoms with Crippen LogP contribution in [0.15, 0.2) is 35.2 Å². The summed E-state index contributed by atoms with van der Waals surface area (Å²) in [6.07, 6.45) is 3.76. The zero-order valence-electron chi connectivity index (χ0n) is 9.68. The van der Waals surface area contributed by atoms with Gasteiger partial charge in [-0.1, -0.05) is 31.0 Å². The average Bonchev–Trinajstić information content (AvgIpc) is 2.39. The first-order valence-electron chi connectivity index (χ1n) is 6.01. The van der Waals surface area contributed by atoms with E-state index in [9.17, 15) is 8.42 Å². The standard InChI is InChI=1S/C13H17ClO2S/c14-10-11-6-4-5-9-13(11)17(15,16)12-7-2-1-3-8-12/h1-3,7-8,11,13H,4-6,9-10H2. The van der Waals surface area contributed by atoms with Gasteiger partial charge < -0.3 is 0 Å². The Morgan fingerprint density at radius 1 is 1.12 bits per heavy atom. The Morgan fingerprint density at radius 3 is 2.41 bits per heavy atom. The highest BCUT2D eigenvalue weighted by atomic mass is 35.5. The minimum atomic E-state index is -3.21. The fourth-order valence-electron chi connectivity index (χ4n) is 2.54. The number of hydrogen-bond acceptors (Lipinski definition) is 2. The Morgan fingerprint density at radius 2 is 1.76 bits per heavy atom. The summed E-state index contributed by atoms with van der Waals surface area (Å²) in [5.74, 6) is 0.548. The highest BCUT2D eigenvalue weighted by molar-refractivity contribution is 7.92. The first kappa shape index (κ1) is 12.9. The molecular formula is C13H17ClO2S. The van der Waals surface area contributed by atoms with Crippen LogP contribution in [0, 0.1) is 5.92 Å². The summed E-state index contributed by atoms with van der Waals surface area (Å²) >= 11 is 5.90. The van der Waals surface area contributed by atoms with Crippen molar-refractivity contribution in [2.24, 2.45) is 5.92 Å². The van der Waals surface area contributed by atoms with Crippen LogP contribution in [0.2, 0.25) is 0 Å². The molecule has 0 spiro atoms. The van der Waals surface area contributed by atoms with E-state index in [1.54, 1.807) is 24.3 Å². The fraction of sp³-hybridized carbons (Fsp3) is 0.538. The van der Waals surface area contributed by atoms with Gasteiger partial charge in [0.05, 0.1) is 10.1 Å². The molecule has 94 valence electrons. The molecule has 2 unspecified atom stereocenters. The van der Waals surface area contributed by atoms with Gasteiger partial charge in [-0.15, -0.1) is 11.6 Å².